The fraction of sp³-hybridized carbons (Fsp3) is 1.00. The molecule has 1 saturated carbocycles. The number of hydrogen-bond donors (Lipinski definition) is 2. The highest BCUT2D eigenvalue weighted by molar-refractivity contribution is 4.75. The summed E-state index contributed by atoms with van der Waals surface area (Å²) in [6.07, 6.45) is 5.34. The monoisotopic (exact) mass is 228 g/mol. The molecule has 1 aliphatic carbocycles. The molecule has 0 bridgehead atoms. The van der Waals surface area contributed by atoms with Crippen molar-refractivity contribution in [1.29, 1.82) is 0 Å². The van der Waals surface area contributed by atoms with Crippen molar-refractivity contribution >= 4 is 0 Å². The van der Waals surface area contributed by atoms with Crippen molar-refractivity contribution in [2.75, 3.05) is 32.8 Å². The van der Waals surface area contributed by atoms with Gasteiger partial charge in [-0.2, -0.15) is 0 Å². The fourth-order valence-corrected chi connectivity index (χ4v) is 2.30. The normalized spacial score (nSPS) is 18.8. The number of nitrogens with zero attached hydrogens (tertiary/aromatic N) is 1. The van der Waals surface area contributed by atoms with Crippen LogP contribution in [0.2, 0.25) is 0 Å². The zero-order valence-electron chi connectivity index (χ0n) is 10.9. The topological polar surface area (TPSA) is 35.5 Å². The van der Waals surface area contributed by atoms with Gasteiger partial charge in [0.15, 0.2) is 0 Å². The first kappa shape index (κ1) is 13.9. The second-order valence-corrected chi connectivity index (χ2v) is 4.92. The van der Waals surface area contributed by atoms with Crippen LogP contribution < -0.4 is 5.32 Å². The molecule has 0 aliphatic heterocycles. The molecule has 0 aromatic heterocycles. The van der Waals surface area contributed by atoms with E-state index >= 15 is 0 Å². The standard InChI is InChI=1S/C13H28N2O/c1-3-14-13(11-16)8-9-15(4-2)10-12-6-5-7-12/h12-14,16H,3-11H2,1-2H3. The average Bonchev–Trinajstić information content (AvgIpc) is 2.25. The summed E-state index contributed by atoms with van der Waals surface area (Å²) in [6, 6.07) is 0.278. The molecule has 16 heavy (non-hydrogen) atoms. The Balaban J connectivity index is 2.15. The SMILES string of the molecule is CCNC(CO)CCN(CC)CC1CCC1. The van der Waals surface area contributed by atoms with Crippen molar-refractivity contribution in [3.63, 3.8) is 0 Å². The van der Waals surface area contributed by atoms with Crippen LogP contribution in [-0.4, -0.2) is 48.8 Å². The molecule has 3 nitrogen and oxygen atoms in total. The van der Waals surface area contributed by atoms with Gasteiger partial charge >= 0.3 is 0 Å². The molecule has 1 unspecified atom stereocenters. The van der Waals surface area contributed by atoms with Gasteiger partial charge in [0.1, 0.15) is 0 Å². The molecule has 0 saturated heterocycles. The van der Waals surface area contributed by atoms with Crippen LogP contribution in [0, 0.1) is 5.92 Å². The Morgan fingerprint density at radius 1 is 1.38 bits per heavy atom. The average molecular weight is 228 g/mol. The van der Waals surface area contributed by atoms with Crippen molar-refractivity contribution in [3.05, 3.63) is 0 Å². The van der Waals surface area contributed by atoms with Gasteiger partial charge in [0, 0.05) is 12.6 Å². The number of aliphatic hydroxyl groups is 1. The van der Waals surface area contributed by atoms with Gasteiger partial charge < -0.3 is 15.3 Å². The van der Waals surface area contributed by atoms with E-state index in [9.17, 15) is 5.11 Å². The van der Waals surface area contributed by atoms with Gasteiger partial charge in [-0.15, -0.1) is 0 Å². The summed E-state index contributed by atoms with van der Waals surface area (Å²) in [4.78, 5) is 2.53. The third-order valence-corrected chi connectivity index (χ3v) is 3.70. The quantitative estimate of drug-likeness (QED) is 0.627. The van der Waals surface area contributed by atoms with Crippen molar-refractivity contribution < 1.29 is 5.11 Å². The highest BCUT2D eigenvalue weighted by atomic mass is 16.3. The number of aliphatic hydroxyl groups excluding tert-OH is 1. The van der Waals surface area contributed by atoms with Crippen molar-refractivity contribution in [3.8, 4) is 0 Å². The lowest BCUT2D eigenvalue weighted by Crippen LogP contribution is -2.39. The Hall–Kier alpha value is -0.120. The molecule has 3 heteroatoms. The molecule has 1 fully saturated rings. The van der Waals surface area contributed by atoms with Crippen LogP contribution >= 0.6 is 0 Å². The Kier molecular flexibility index (Phi) is 7.01. The van der Waals surface area contributed by atoms with Crippen LogP contribution in [0.5, 0.6) is 0 Å². The van der Waals surface area contributed by atoms with Crippen LogP contribution in [0.4, 0.5) is 0 Å². The van der Waals surface area contributed by atoms with E-state index in [1.807, 2.05) is 0 Å². The van der Waals surface area contributed by atoms with E-state index < -0.39 is 0 Å². The van der Waals surface area contributed by atoms with Gasteiger partial charge in [-0.3, -0.25) is 0 Å². The summed E-state index contributed by atoms with van der Waals surface area (Å²) >= 11 is 0. The van der Waals surface area contributed by atoms with Crippen molar-refractivity contribution in [2.45, 2.75) is 45.6 Å². The summed E-state index contributed by atoms with van der Waals surface area (Å²) in [5, 5.41) is 12.5. The van der Waals surface area contributed by atoms with E-state index in [0.717, 1.165) is 32.0 Å². The molecule has 96 valence electrons. The Labute approximate surface area is 100 Å². The van der Waals surface area contributed by atoms with Crippen molar-refractivity contribution in [2.24, 2.45) is 5.92 Å². The summed E-state index contributed by atoms with van der Waals surface area (Å²) in [5.41, 5.74) is 0. The molecule has 1 rings (SSSR count). The van der Waals surface area contributed by atoms with Crippen LogP contribution in [0.1, 0.15) is 39.5 Å². The lowest BCUT2D eigenvalue weighted by Gasteiger charge is -2.32. The predicted molar refractivity (Wildman–Crippen MR) is 68.6 cm³/mol. The number of rotatable bonds is 9. The van der Waals surface area contributed by atoms with Gasteiger partial charge in [0.05, 0.1) is 6.61 Å². The van der Waals surface area contributed by atoms with E-state index in [4.69, 9.17) is 0 Å². The zero-order valence-corrected chi connectivity index (χ0v) is 10.9. The molecule has 1 atom stereocenters. The zero-order chi connectivity index (χ0) is 11.8. The van der Waals surface area contributed by atoms with Gasteiger partial charge in [-0.05, 0) is 44.8 Å². The first-order chi connectivity index (χ1) is 7.80. The summed E-state index contributed by atoms with van der Waals surface area (Å²) in [6.45, 7) is 9.05. The van der Waals surface area contributed by atoms with E-state index in [0.29, 0.717) is 0 Å². The van der Waals surface area contributed by atoms with Crippen LogP contribution in [0.25, 0.3) is 0 Å². The van der Waals surface area contributed by atoms with E-state index in [1.54, 1.807) is 0 Å². The Morgan fingerprint density at radius 3 is 2.56 bits per heavy atom. The third kappa shape index (κ3) is 4.81. The molecule has 2 N–H and O–H groups in total. The van der Waals surface area contributed by atoms with Crippen molar-refractivity contribution in [1.82, 2.24) is 10.2 Å². The summed E-state index contributed by atoms with van der Waals surface area (Å²) < 4.78 is 0. The molecule has 1 aliphatic rings. The summed E-state index contributed by atoms with van der Waals surface area (Å²) in [7, 11) is 0. The molecule has 0 heterocycles. The first-order valence-corrected chi connectivity index (χ1v) is 6.86. The number of likely N-dealkylation sites (N-methyl/N-ethyl adjacent to an activating group) is 1. The highest BCUT2D eigenvalue weighted by Crippen LogP contribution is 2.27. The molecule has 0 aromatic rings. The van der Waals surface area contributed by atoms with Crippen LogP contribution in [0.15, 0.2) is 0 Å². The van der Waals surface area contributed by atoms with E-state index in [-0.39, 0.29) is 12.6 Å². The maximum atomic E-state index is 9.20. The third-order valence-electron chi connectivity index (χ3n) is 3.70. The van der Waals surface area contributed by atoms with Gasteiger partial charge in [0.25, 0.3) is 0 Å². The second-order valence-electron chi connectivity index (χ2n) is 4.92. The molecular weight excluding hydrogens is 200 g/mol. The lowest BCUT2D eigenvalue weighted by atomic mass is 9.85. The Morgan fingerprint density at radius 2 is 2.12 bits per heavy atom. The maximum absolute atomic E-state index is 9.20. The fourth-order valence-electron chi connectivity index (χ4n) is 2.30. The predicted octanol–water partition coefficient (Wildman–Crippen LogP) is 1.47. The minimum Gasteiger partial charge on any atom is -0.395 e. The minimum atomic E-state index is 0.259. The maximum Gasteiger partial charge on any atom is 0.0585 e. The molecule has 0 radical (unpaired) electrons. The number of nitrogens with one attached hydrogen (secondary N) is 1. The Bertz CT molecular complexity index is 171. The van der Waals surface area contributed by atoms with Gasteiger partial charge in [-0.25, -0.2) is 0 Å². The lowest BCUT2D eigenvalue weighted by molar-refractivity contribution is 0.166. The smallest absolute Gasteiger partial charge is 0.0585 e. The molecule has 0 spiro atoms. The largest absolute Gasteiger partial charge is 0.395 e. The minimum absolute atomic E-state index is 0.259. The number of hydrogen-bond acceptors (Lipinski definition) is 3. The first-order valence-electron chi connectivity index (χ1n) is 6.86. The van der Waals surface area contributed by atoms with E-state index in [1.165, 1.54) is 25.8 Å². The second kappa shape index (κ2) is 8.04. The molecule has 0 amide bonds. The molecule has 0 aromatic carbocycles. The van der Waals surface area contributed by atoms with Gasteiger partial charge in [-0.1, -0.05) is 20.3 Å². The van der Waals surface area contributed by atoms with Gasteiger partial charge in [0.2, 0.25) is 0 Å². The highest BCUT2D eigenvalue weighted by Gasteiger charge is 2.20. The molecular formula is C13H28N2O. The van der Waals surface area contributed by atoms with Crippen LogP contribution in [0.3, 0.4) is 0 Å². The van der Waals surface area contributed by atoms with Crippen LogP contribution in [-0.2, 0) is 0 Å². The van der Waals surface area contributed by atoms with E-state index in [2.05, 4.69) is 24.1 Å². The summed E-state index contributed by atoms with van der Waals surface area (Å²) in [5.74, 6) is 0.951.